The molecule has 1 amide bonds. The summed E-state index contributed by atoms with van der Waals surface area (Å²) in [6.07, 6.45) is 2.84. The van der Waals surface area contributed by atoms with E-state index in [9.17, 15) is 4.79 Å². The fraction of sp³-hybridized carbons (Fsp3) is 0.500. The lowest BCUT2D eigenvalue weighted by molar-refractivity contribution is -0.120. The van der Waals surface area contributed by atoms with Crippen molar-refractivity contribution in [1.82, 2.24) is 0 Å². The second kappa shape index (κ2) is 7.44. The van der Waals surface area contributed by atoms with Crippen LogP contribution in [0.1, 0.15) is 20.3 Å². The first-order valence-electron chi connectivity index (χ1n) is 6.21. The molecular weight excluding hydrogens is 244 g/mol. The Labute approximate surface area is 114 Å². The Morgan fingerprint density at radius 3 is 2.72 bits per heavy atom. The number of nitrogens with one attached hydrogen (secondary N) is 1. The van der Waals surface area contributed by atoms with Crippen molar-refractivity contribution < 1.29 is 4.79 Å². The number of anilines is 1. The fourth-order valence-electron chi connectivity index (χ4n) is 1.82. The van der Waals surface area contributed by atoms with E-state index in [1.165, 1.54) is 0 Å². The van der Waals surface area contributed by atoms with Gasteiger partial charge in [-0.3, -0.25) is 4.79 Å². The van der Waals surface area contributed by atoms with E-state index in [0.29, 0.717) is 12.5 Å². The summed E-state index contributed by atoms with van der Waals surface area (Å²) in [5.74, 6) is 0.384. The molecule has 0 bridgehead atoms. The number of carbonyl (C=O) groups excluding carboxylic acids is 1. The molecule has 3 N–H and O–H groups in total. The zero-order valence-electron chi connectivity index (χ0n) is 11.3. The zero-order valence-corrected chi connectivity index (χ0v) is 12.1. The number of hydrogen-bond acceptors (Lipinski definition) is 3. The normalized spacial score (nSPS) is 12.5. The van der Waals surface area contributed by atoms with E-state index in [4.69, 9.17) is 5.73 Å². The van der Waals surface area contributed by atoms with Gasteiger partial charge in [0.05, 0.1) is 5.92 Å². The molecule has 0 spiro atoms. The summed E-state index contributed by atoms with van der Waals surface area (Å²) in [5.41, 5.74) is 6.51. The highest BCUT2D eigenvalue weighted by molar-refractivity contribution is 7.98. The molecule has 1 atom stereocenters. The Morgan fingerprint density at radius 2 is 2.17 bits per heavy atom. The molecule has 1 aromatic rings. The van der Waals surface area contributed by atoms with Crippen molar-refractivity contribution in [3.05, 3.63) is 24.3 Å². The van der Waals surface area contributed by atoms with Gasteiger partial charge in [-0.05, 0) is 36.8 Å². The predicted molar refractivity (Wildman–Crippen MR) is 78.9 cm³/mol. The second-order valence-electron chi connectivity index (χ2n) is 4.78. The number of rotatable bonds is 6. The van der Waals surface area contributed by atoms with Crippen molar-refractivity contribution in [1.29, 1.82) is 0 Å². The van der Waals surface area contributed by atoms with Crippen molar-refractivity contribution in [2.45, 2.75) is 25.2 Å². The van der Waals surface area contributed by atoms with Crippen molar-refractivity contribution in [2.24, 2.45) is 17.6 Å². The second-order valence-corrected chi connectivity index (χ2v) is 5.66. The molecule has 0 radical (unpaired) electrons. The van der Waals surface area contributed by atoms with Crippen LogP contribution < -0.4 is 11.1 Å². The number of carbonyl (C=O) groups is 1. The van der Waals surface area contributed by atoms with Crippen LogP contribution in [0, 0.1) is 11.8 Å². The monoisotopic (exact) mass is 266 g/mol. The molecule has 4 heteroatoms. The smallest absolute Gasteiger partial charge is 0.228 e. The lowest BCUT2D eigenvalue weighted by Crippen LogP contribution is -2.30. The van der Waals surface area contributed by atoms with Crippen LogP contribution in [0.25, 0.3) is 0 Å². The molecule has 18 heavy (non-hydrogen) atoms. The predicted octanol–water partition coefficient (Wildman–Crippen LogP) is 2.97. The van der Waals surface area contributed by atoms with Crippen molar-refractivity contribution >= 4 is 23.4 Å². The third kappa shape index (κ3) is 4.70. The summed E-state index contributed by atoms with van der Waals surface area (Å²) in [6.45, 7) is 4.60. The molecule has 0 aromatic heterocycles. The van der Waals surface area contributed by atoms with Gasteiger partial charge < -0.3 is 11.1 Å². The van der Waals surface area contributed by atoms with E-state index in [0.717, 1.165) is 17.0 Å². The molecule has 1 aromatic carbocycles. The summed E-state index contributed by atoms with van der Waals surface area (Å²) in [4.78, 5) is 13.2. The minimum absolute atomic E-state index is 0.0180. The lowest BCUT2D eigenvalue weighted by atomic mass is 9.96. The number of nitrogens with two attached hydrogens (primary N) is 1. The molecule has 0 saturated carbocycles. The molecule has 0 aliphatic rings. The molecule has 1 unspecified atom stereocenters. The highest BCUT2D eigenvalue weighted by atomic mass is 32.2. The first-order valence-corrected chi connectivity index (χ1v) is 7.44. The average molecular weight is 266 g/mol. The Morgan fingerprint density at radius 1 is 1.44 bits per heavy atom. The number of amides is 1. The third-order valence-corrected chi connectivity index (χ3v) is 3.47. The zero-order chi connectivity index (χ0) is 13.5. The molecule has 0 aliphatic heterocycles. The van der Waals surface area contributed by atoms with Gasteiger partial charge in [0, 0.05) is 17.1 Å². The summed E-state index contributed by atoms with van der Waals surface area (Å²) in [7, 11) is 0. The SMILES string of the molecule is CSc1cccc(NC(=O)C(CN)CC(C)C)c1. The van der Waals surface area contributed by atoms with E-state index < -0.39 is 0 Å². The van der Waals surface area contributed by atoms with Crippen LogP contribution in [-0.4, -0.2) is 18.7 Å². The maximum atomic E-state index is 12.1. The molecule has 0 aliphatic carbocycles. The van der Waals surface area contributed by atoms with Gasteiger partial charge in [0.15, 0.2) is 0 Å². The summed E-state index contributed by atoms with van der Waals surface area (Å²) >= 11 is 1.66. The molecule has 0 fully saturated rings. The van der Waals surface area contributed by atoms with Crippen LogP contribution in [0.2, 0.25) is 0 Å². The van der Waals surface area contributed by atoms with Gasteiger partial charge in [-0.1, -0.05) is 19.9 Å². The number of thioether (sulfide) groups is 1. The van der Waals surface area contributed by atoms with Gasteiger partial charge in [0.25, 0.3) is 0 Å². The topological polar surface area (TPSA) is 55.1 Å². The minimum atomic E-state index is -0.108. The van der Waals surface area contributed by atoms with Crippen LogP contribution >= 0.6 is 11.8 Å². The van der Waals surface area contributed by atoms with Gasteiger partial charge in [-0.15, -0.1) is 11.8 Å². The minimum Gasteiger partial charge on any atom is -0.330 e. The molecule has 0 heterocycles. The van der Waals surface area contributed by atoms with Gasteiger partial charge in [0.1, 0.15) is 0 Å². The van der Waals surface area contributed by atoms with Gasteiger partial charge in [0.2, 0.25) is 5.91 Å². The lowest BCUT2D eigenvalue weighted by Gasteiger charge is -2.17. The quantitative estimate of drug-likeness (QED) is 0.778. The van der Waals surface area contributed by atoms with Crippen LogP contribution in [0.4, 0.5) is 5.69 Å². The van der Waals surface area contributed by atoms with Crippen LogP contribution in [-0.2, 0) is 4.79 Å². The van der Waals surface area contributed by atoms with Gasteiger partial charge in [-0.25, -0.2) is 0 Å². The number of hydrogen-bond donors (Lipinski definition) is 2. The highest BCUT2D eigenvalue weighted by Gasteiger charge is 2.18. The van der Waals surface area contributed by atoms with E-state index in [1.807, 2.05) is 30.5 Å². The van der Waals surface area contributed by atoms with E-state index in [1.54, 1.807) is 11.8 Å². The Hall–Kier alpha value is -1.00. The summed E-state index contributed by atoms with van der Waals surface area (Å²) < 4.78 is 0. The maximum absolute atomic E-state index is 12.1. The first-order chi connectivity index (χ1) is 8.56. The van der Waals surface area contributed by atoms with Gasteiger partial charge >= 0.3 is 0 Å². The maximum Gasteiger partial charge on any atom is 0.228 e. The van der Waals surface area contributed by atoms with Crippen molar-refractivity contribution in [3.8, 4) is 0 Å². The highest BCUT2D eigenvalue weighted by Crippen LogP contribution is 2.20. The van der Waals surface area contributed by atoms with Crippen LogP contribution in [0.5, 0.6) is 0 Å². The fourth-order valence-corrected chi connectivity index (χ4v) is 2.28. The van der Waals surface area contributed by atoms with Crippen molar-refractivity contribution in [2.75, 3.05) is 18.1 Å². The summed E-state index contributed by atoms with van der Waals surface area (Å²) in [5, 5.41) is 2.94. The van der Waals surface area contributed by atoms with E-state index in [-0.39, 0.29) is 11.8 Å². The van der Waals surface area contributed by atoms with E-state index in [2.05, 4.69) is 19.2 Å². The molecule has 100 valence electrons. The number of benzene rings is 1. The largest absolute Gasteiger partial charge is 0.330 e. The average Bonchev–Trinajstić information content (AvgIpc) is 2.35. The molecule has 1 rings (SSSR count). The molecular formula is C14H22N2OS. The molecule has 0 saturated heterocycles. The molecule has 3 nitrogen and oxygen atoms in total. The first kappa shape index (κ1) is 15.1. The van der Waals surface area contributed by atoms with Crippen LogP contribution in [0.15, 0.2) is 29.2 Å². The van der Waals surface area contributed by atoms with Gasteiger partial charge in [-0.2, -0.15) is 0 Å². The summed E-state index contributed by atoms with van der Waals surface area (Å²) in [6, 6.07) is 7.85. The van der Waals surface area contributed by atoms with Crippen molar-refractivity contribution in [3.63, 3.8) is 0 Å². The van der Waals surface area contributed by atoms with E-state index >= 15 is 0 Å². The Bertz CT molecular complexity index is 393. The standard InChI is InChI=1S/C14H22N2OS/c1-10(2)7-11(9-15)14(17)16-12-5-4-6-13(8-12)18-3/h4-6,8,10-11H,7,9,15H2,1-3H3,(H,16,17). The Kier molecular flexibility index (Phi) is 6.22. The Balaban J connectivity index is 2.67. The third-order valence-electron chi connectivity index (χ3n) is 2.75. The van der Waals surface area contributed by atoms with Crippen LogP contribution in [0.3, 0.4) is 0 Å².